The highest BCUT2D eigenvalue weighted by Crippen LogP contribution is 2.37. The summed E-state index contributed by atoms with van der Waals surface area (Å²) in [7, 11) is -0.651. The van der Waals surface area contributed by atoms with Crippen molar-refractivity contribution in [3.05, 3.63) is 28.8 Å². The molecule has 2 heterocycles. The molecule has 1 N–H and O–H groups in total. The van der Waals surface area contributed by atoms with Gasteiger partial charge >= 0.3 is 13.2 Å². The summed E-state index contributed by atoms with van der Waals surface area (Å²) < 4.78 is 17.5. The molecule has 0 aromatic heterocycles. The average Bonchev–Trinajstić information content (AvgIpc) is 2.76. The molecule has 0 atom stereocenters. The van der Waals surface area contributed by atoms with Gasteiger partial charge in [-0.2, -0.15) is 0 Å². The molecule has 2 fully saturated rings. The fourth-order valence-electron chi connectivity index (χ4n) is 3.15. The van der Waals surface area contributed by atoms with E-state index in [9.17, 15) is 9.59 Å². The van der Waals surface area contributed by atoms with Crippen LogP contribution in [0, 0.1) is 0 Å². The second-order valence-electron chi connectivity index (χ2n) is 9.88. The minimum Gasteiger partial charge on any atom is -0.444 e. The third kappa shape index (κ3) is 4.76. The molecule has 3 rings (SSSR count). The summed E-state index contributed by atoms with van der Waals surface area (Å²) in [4.78, 5) is 26.3. The van der Waals surface area contributed by atoms with E-state index in [1.165, 1.54) is 0 Å². The molecule has 9 heteroatoms. The lowest BCUT2D eigenvalue weighted by Crippen LogP contribution is -2.61. The maximum atomic E-state index is 12.7. The van der Waals surface area contributed by atoms with Gasteiger partial charge in [-0.1, -0.05) is 11.6 Å². The zero-order valence-electron chi connectivity index (χ0n) is 18.7. The van der Waals surface area contributed by atoms with Gasteiger partial charge in [-0.15, -0.1) is 0 Å². The monoisotopic (exact) mass is 436 g/mol. The molecule has 7 nitrogen and oxygen atoms in total. The highest BCUT2D eigenvalue weighted by Gasteiger charge is 2.52. The van der Waals surface area contributed by atoms with E-state index in [0.29, 0.717) is 29.1 Å². The molecule has 0 spiro atoms. The molecule has 0 radical (unpaired) electrons. The molecule has 2 amide bonds. The topological polar surface area (TPSA) is 77.1 Å². The van der Waals surface area contributed by atoms with E-state index in [1.54, 1.807) is 23.1 Å². The van der Waals surface area contributed by atoms with E-state index in [0.717, 1.165) is 0 Å². The number of amides is 2. The van der Waals surface area contributed by atoms with Crippen molar-refractivity contribution in [2.24, 2.45) is 0 Å². The number of hydrogen-bond donors (Lipinski definition) is 1. The smallest absolute Gasteiger partial charge is 0.444 e. The molecule has 1 aromatic carbocycles. The van der Waals surface area contributed by atoms with Gasteiger partial charge in [-0.25, -0.2) is 4.79 Å². The molecule has 0 unspecified atom stereocenters. The summed E-state index contributed by atoms with van der Waals surface area (Å²) in [6, 6.07) is 4.91. The van der Waals surface area contributed by atoms with E-state index in [4.69, 9.17) is 25.6 Å². The number of hydrogen-bond acceptors (Lipinski definition) is 5. The molecule has 0 aliphatic carbocycles. The Morgan fingerprint density at radius 2 is 1.73 bits per heavy atom. The number of ether oxygens (including phenoxy) is 1. The number of nitrogens with zero attached hydrogens (tertiary/aromatic N) is 1. The van der Waals surface area contributed by atoms with E-state index in [1.807, 2.05) is 48.5 Å². The summed E-state index contributed by atoms with van der Waals surface area (Å²) >= 11 is 6.37. The standard InChI is InChI=1S/C21H30BClN2O5/c1-19(2,3)28-18(27)25-11-14(12-25)24-17(26)13-8-9-16(23)15(10-13)22-29-20(4,5)21(6,7)30-22/h8-10,14H,11-12H2,1-7H3,(H,24,26). The van der Waals surface area contributed by atoms with Crippen LogP contribution in [0.15, 0.2) is 18.2 Å². The summed E-state index contributed by atoms with van der Waals surface area (Å²) in [5.41, 5.74) is -0.475. The van der Waals surface area contributed by atoms with Crippen LogP contribution in [0.1, 0.15) is 58.8 Å². The fraction of sp³-hybridized carbons (Fsp3) is 0.619. The largest absolute Gasteiger partial charge is 0.496 e. The highest BCUT2D eigenvalue weighted by atomic mass is 35.5. The molecule has 164 valence electrons. The van der Waals surface area contributed by atoms with Crippen molar-refractivity contribution < 1.29 is 23.6 Å². The number of carbonyl (C=O) groups excluding carboxylic acids is 2. The predicted octanol–water partition coefficient (Wildman–Crippen LogP) is 2.99. The van der Waals surface area contributed by atoms with Gasteiger partial charge in [-0.3, -0.25) is 4.79 Å². The summed E-state index contributed by atoms with van der Waals surface area (Å²) in [6.07, 6.45) is -0.373. The highest BCUT2D eigenvalue weighted by molar-refractivity contribution is 6.65. The third-order valence-corrected chi connectivity index (χ3v) is 5.98. The van der Waals surface area contributed by atoms with E-state index in [-0.39, 0.29) is 18.0 Å². The molecule has 2 saturated heterocycles. The van der Waals surface area contributed by atoms with Gasteiger partial charge in [0.25, 0.3) is 5.91 Å². The predicted molar refractivity (Wildman–Crippen MR) is 116 cm³/mol. The van der Waals surface area contributed by atoms with Crippen molar-refractivity contribution >= 4 is 36.2 Å². The molecule has 2 aliphatic heterocycles. The van der Waals surface area contributed by atoms with Crippen LogP contribution < -0.4 is 10.8 Å². The Morgan fingerprint density at radius 3 is 2.27 bits per heavy atom. The van der Waals surface area contributed by atoms with E-state index >= 15 is 0 Å². The van der Waals surface area contributed by atoms with E-state index in [2.05, 4.69) is 5.32 Å². The quantitative estimate of drug-likeness (QED) is 0.737. The van der Waals surface area contributed by atoms with Crippen LogP contribution in [0.4, 0.5) is 4.79 Å². The third-order valence-electron chi connectivity index (χ3n) is 5.63. The molecule has 2 aliphatic rings. The first-order chi connectivity index (χ1) is 13.7. The zero-order valence-corrected chi connectivity index (χ0v) is 19.4. The maximum Gasteiger partial charge on any atom is 0.496 e. The Kier molecular flexibility index (Phi) is 5.91. The number of halogens is 1. The number of likely N-dealkylation sites (tertiary alicyclic amines) is 1. The van der Waals surface area contributed by atoms with Gasteiger partial charge in [0.1, 0.15) is 5.60 Å². The van der Waals surface area contributed by atoms with Crippen molar-refractivity contribution in [2.75, 3.05) is 13.1 Å². The second-order valence-corrected chi connectivity index (χ2v) is 10.3. The molecule has 0 bridgehead atoms. The number of benzene rings is 1. The Morgan fingerprint density at radius 1 is 1.17 bits per heavy atom. The van der Waals surface area contributed by atoms with Crippen LogP contribution in [-0.2, 0) is 14.0 Å². The Labute approximate surface area is 183 Å². The van der Waals surface area contributed by atoms with Gasteiger partial charge in [-0.05, 0) is 66.7 Å². The first kappa shape index (κ1) is 22.9. The Bertz CT molecular complexity index is 830. The Balaban J connectivity index is 1.62. The summed E-state index contributed by atoms with van der Waals surface area (Å²) in [6.45, 7) is 14.1. The van der Waals surface area contributed by atoms with Gasteiger partial charge < -0.3 is 24.3 Å². The molecular weight excluding hydrogens is 407 g/mol. The minimum absolute atomic E-state index is 0.124. The van der Waals surface area contributed by atoms with Crippen molar-refractivity contribution in [3.63, 3.8) is 0 Å². The van der Waals surface area contributed by atoms with Crippen LogP contribution in [0.25, 0.3) is 0 Å². The van der Waals surface area contributed by atoms with Crippen LogP contribution >= 0.6 is 11.6 Å². The molecule has 1 aromatic rings. The second kappa shape index (κ2) is 7.73. The normalized spacial score (nSPS) is 20.7. The summed E-state index contributed by atoms with van der Waals surface area (Å²) in [5, 5.41) is 3.41. The van der Waals surface area contributed by atoms with Gasteiger partial charge in [0.2, 0.25) is 0 Å². The lowest BCUT2D eigenvalue weighted by Gasteiger charge is -2.40. The lowest BCUT2D eigenvalue weighted by molar-refractivity contribution is 0.00533. The number of carbonyl (C=O) groups is 2. The van der Waals surface area contributed by atoms with E-state index < -0.39 is 23.9 Å². The van der Waals surface area contributed by atoms with Crippen molar-refractivity contribution in [1.29, 1.82) is 0 Å². The van der Waals surface area contributed by atoms with Crippen LogP contribution in [-0.4, -0.2) is 60.0 Å². The molecular formula is C21H30BClN2O5. The van der Waals surface area contributed by atoms with Crippen LogP contribution in [0.3, 0.4) is 0 Å². The van der Waals surface area contributed by atoms with Crippen LogP contribution in [0.2, 0.25) is 5.02 Å². The SMILES string of the molecule is CC(C)(C)OC(=O)N1CC(NC(=O)c2ccc(Cl)c(B3OC(C)(C)C(C)(C)O3)c2)C1. The van der Waals surface area contributed by atoms with Gasteiger partial charge in [0, 0.05) is 29.1 Å². The first-order valence-electron chi connectivity index (χ1n) is 10.1. The first-order valence-corrected chi connectivity index (χ1v) is 10.5. The average molecular weight is 437 g/mol. The number of rotatable bonds is 3. The van der Waals surface area contributed by atoms with Crippen molar-refractivity contribution in [1.82, 2.24) is 10.2 Å². The maximum absolute atomic E-state index is 12.7. The minimum atomic E-state index is -0.651. The lowest BCUT2D eigenvalue weighted by atomic mass is 9.78. The van der Waals surface area contributed by atoms with Gasteiger partial charge in [0.05, 0.1) is 17.2 Å². The van der Waals surface area contributed by atoms with Crippen LogP contribution in [0.5, 0.6) is 0 Å². The fourth-order valence-corrected chi connectivity index (χ4v) is 3.36. The molecule has 0 saturated carbocycles. The molecule has 30 heavy (non-hydrogen) atoms. The van der Waals surface area contributed by atoms with Crippen molar-refractivity contribution in [2.45, 2.75) is 71.3 Å². The van der Waals surface area contributed by atoms with Crippen molar-refractivity contribution in [3.8, 4) is 0 Å². The Hall–Kier alpha value is -1.77. The zero-order chi connectivity index (χ0) is 22.5. The van der Waals surface area contributed by atoms with Gasteiger partial charge in [0.15, 0.2) is 0 Å². The summed E-state index contributed by atoms with van der Waals surface area (Å²) in [5.74, 6) is -0.238. The number of nitrogens with one attached hydrogen (secondary N) is 1.